The highest BCUT2D eigenvalue weighted by atomic mass is 79.9. The van der Waals surface area contributed by atoms with Crippen molar-refractivity contribution in [1.29, 1.82) is 0 Å². The number of nitrogens with zero attached hydrogens (tertiary/aromatic N) is 4. The lowest BCUT2D eigenvalue weighted by atomic mass is 10.1. The summed E-state index contributed by atoms with van der Waals surface area (Å²) < 4.78 is 13.5. The zero-order valence-electron chi connectivity index (χ0n) is 15.6. The van der Waals surface area contributed by atoms with E-state index in [-0.39, 0.29) is 0 Å². The largest absolute Gasteiger partial charge is 0.493 e. The molecule has 2 aromatic carbocycles. The van der Waals surface area contributed by atoms with Crippen LogP contribution in [0.2, 0.25) is 0 Å². The summed E-state index contributed by atoms with van der Waals surface area (Å²) in [6, 6.07) is 16.0. The molecule has 0 bridgehead atoms. The minimum absolute atomic E-state index is 0.600. The lowest BCUT2D eigenvalue weighted by molar-refractivity contribution is 0.354. The predicted octanol–water partition coefficient (Wildman–Crippen LogP) is 4.36. The molecule has 0 fully saturated rings. The van der Waals surface area contributed by atoms with Crippen LogP contribution in [0.5, 0.6) is 11.5 Å². The zero-order chi connectivity index (χ0) is 19.5. The van der Waals surface area contributed by atoms with Gasteiger partial charge in [-0.15, -0.1) is 5.10 Å². The van der Waals surface area contributed by atoms with Gasteiger partial charge in [0.15, 0.2) is 17.3 Å². The second kappa shape index (κ2) is 7.98. The Hall–Kier alpha value is -2.93. The van der Waals surface area contributed by atoms with E-state index in [0.717, 1.165) is 45.0 Å². The molecular weight excluding hydrogens is 420 g/mol. The smallest absolute Gasteiger partial charge is 0.252 e. The minimum atomic E-state index is 0.600. The molecule has 4 aromatic rings. The Kier molecular flexibility index (Phi) is 5.25. The van der Waals surface area contributed by atoms with E-state index in [1.54, 1.807) is 24.9 Å². The van der Waals surface area contributed by atoms with Gasteiger partial charge < -0.3 is 9.47 Å². The molecule has 0 atom stereocenters. The van der Waals surface area contributed by atoms with Gasteiger partial charge in [0.25, 0.3) is 5.78 Å². The van der Waals surface area contributed by atoms with Gasteiger partial charge in [-0.05, 0) is 42.3 Å². The number of methoxy groups -OCH3 is 2. The lowest BCUT2D eigenvalue weighted by Gasteiger charge is -2.08. The lowest BCUT2D eigenvalue weighted by Crippen LogP contribution is -1.98. The zero-order valence-corrected chi connectivity index (χ0v) is 17.2. The second-order valence-electron chi connectivity index (χ2n) is 6.27. The first-order chi connectivity index (χ1) is 13.7. The Morgan fingerprint density at radius 3 is 2.46 bits per heavy atom. The molecule has 0 unspecified atom stereocenters. The molecule has 6 nitrogen and oxygen atoms in total. The SMILES string of the molecule is COc1ccc(CCc2nc3nccc(-c4ccc(Br)cc4)n3n2)cc1OC. The summed E-state index contributed by atoms with van der Waals surface area (Å²) in [5.41, 5.74) is 3.16. The van der Waals surface area contributed by atoms with Crippen LogP contribution in [0.4, 0.5) is 0 Å². The van der Waals surface area contributed by atoms with E-state index in [2.05, 4.69) is 31.0 Å². The summed E-state index contributed by atoms with van der Waals surface area (Å²) >= 11 is 3.47. The van der Waals surface area contributed by atoms with Crippen LogP contribution in [-0.4, -0.2) is 33.8 Å². The standard InChI is InChI=1S/C21H19BrN4O2/c1-27-18-9-3-14(13-19(18)28-2)4-10-20-24-21-23-12-11-17(26(21)25-20)15-5-7-16(22)8-6-15/h3,5-9,11-13H,4,10H2,1-2H3. The van der Waals surface area contributed by atoms with Crippen molar-refractivity contribution in [2.75, 3.05) is 14.2 Å². The van der Waals surface area contributed by atoms with Crippen molar-refractivity contribution in [1.82, 2.24) is 19.6 Å². The van der Waals surface area contributed by atoms with Crippen molar-refractivity contribution < 1.29 is 9.47 Å². The van der Waals surface area contributed by atoms with Crippen LogP contribution >= 0.6 is 15.9 Å². The van der Waals surface area contributed by atoms with Crippen molar-refractivity contribution in [2.24, 2.45) is 0 Å². The number of hydrogen-bond acceptors (Lipinski definition) is 5. The highest BCUT2D eigenvalue weighted by molar-refractivity contribution is 9.10. The summed E-state index contributed by atoms with van der Waals surface area (Å²) in [6.07, 6.45) is 3.27. The van der Waals surface area contributed by atoms with Crippen molar-refractivity contribution >= 4 is 21.7 Å². The molecule has 7 heteroatoms. The van der Waals surface area contributed by atoms with E-state index < -0.39 is 0 Å². The normalized spacial score (nSPS) is 11.0. The van der Waals surface area contributed by atoms with Gasteiger partial charge >= 0.3 is 0 Å². The first-order valence-corrected chi connectivity index (χ1v) is 9.65. The average Bonchev–Trinajstić information content (AvgIpc) is 3.16. The van der Waals surface area contributed by atoms with E-state index in [9.17, 15) is 0 Å². The molecule has 142 valence electrons. The van der Waals surface area contributed by atoms with Crippen molar-refractivity contribution in [3.05, 3.63) is 70.6 Å². The number of rotatable bonds is 6. The van der Waals surface area contributed by atoms with E-state index in [1.807, 2.05) is 48.5 Å². The Bertz CT molecular complexity index is 1110. The number of ether oxygens (including phenoxy) is 2. The number of fused-ring (bicyclic) bond motifs is 1. The summed E-state index contributed by atoms with van der Waals surface area (Å²) in [5, 5.41) is 4.68. The molecule has 28 heavy (non-hydrogen) atoms. The molecule has 0 aliphatic carbocycles. The number of aryl methyl sites for hydroxylation is 2. The highest BCUT2D eigenvalue weighted by Crippen LogP contribution is 2.28. The maximum Gasteiger partial charge on any atom is 0.252 e. The van der Waals surface area contributed by atoms with E-state index in [1.165, 1.54) is 0 Å². The topological polar surface area (TPSA) is 61.5 Å². The van der Waals surface area contributed by atoms with Gasteiger partial charge in [0.1, 0.15) is 0 Å². The number of benzene rings is 2. The van der Waals surface area contributed by atoms with Gasteiger partial charge in [0.2, 0.25) is 0 Å². The fourth-order valence-electron chi connectivity index (χ4n) is 3.07. The van der Waals surface area contributed by atoms with Crippen molar-refractivity contribution in [3.63, 3.8) is 0 Å². The Morgan fingerprint density at radius 2 is 1.71 bits per heavy atom. The molecule has 0 spiro atoms. The van der Waals surface area contributed by atoms with Gasteiger partial charge in [-0.3, -0.25) is 0 Å². The Morgan fingerprint density at radius 1 is 0.929 bits per heavy atom. The van der Waals surface area contributed by atoms with Crippen LogP contribution in [0.15, 0.2) is 59.2 Å². The fourth-order valence-corrected chi connectivity index (χ4v) is 3.34. The molecule has 2 heterocycles. The second-order valence-corrected chi connectivity index (χ2v) is 7.18. The van der Waals surface area contributed by atoms with Crippen LogP contribution in [0.1, 0.15) is 11.4 Å². The van der Waals surface area contributed by atoms with Crippen LogP contribution in [0, 0.1) is 0 Å². The van der Waals surface area contributed by atoms with Crippen LogP contribution < -0.4 is 9.47 Å². The molecule has 4 rings (SSSR count). The average molecular weight is 439 g/mol. The number of halogens is 1. The van der Waals surface area contributed by atoms with Crippen molar-refractivity contribution in [2.45, 2.75) is 12.8 Å². The van der Waals surface area contributed by atoms with E-state index >= 15 is 0 Å². The quantitative estimate of drug-likeness (QED) is 0.447. The molecule has 2 aromatic heterocycles. The van der Waals surface area contributed by atoms with Gasteiger partial charge in [-0.1, -0.05) is 34.1 Å². The molecule has 0 aliphatic heterocycles. The number of hydrogen-bond donors (Lipinski definition) is 0. The summed E-state index contributed by atoms with van der Waals surface area (Å²) in [5.74, 6) is 2.80. The summed E-state index contributed by atoms with van der Waals surface area (Å²) in [4.78, 5) is 8.94. The monoisotopic (exact) mass is 438 g/mol. The minimum Gasteiger partial charge on any atom is -0.493 e. The molecule has 0 radical (unpaired) electrons. The third kappa shape index (κ3) is 3.71. The Balaban J connectivity index is 1.59. The molecule has 0 amide bonds. The highest BCUT2D eigenvalue weighted by Gasteiger charge is 2.11. The van der Waals surface area contributed by atoms with Gasteiger partial charge in [-0.2, -0.15) is 9.50 Å². The van der Waals surface area contributed by atoms with Crippen LogP contribution in [0.3, 0.4) is 0 Å². The predicted molar refractivity (Wildman–Crippen MR) is 111 cm³/mol. The maximum absolute atomic E-state index is 5.38. The third-order valence-electron chi connectivity index (χ3n) is 4.51. The Labute approximate surface area is 171 Å². The van der Waals surface area contributed by atoms with Crippen LogP contribution in [0.25, 0.3) is 17.0 Å². The van der Waals surface area contributed by atoms with E-state index in [4.69, 9.17) is 9.47 Å². The van der Waals surface area contributed by atoms with Gasteiger partial charge in [-0.25, -0.2) is 4.98 Å². The molecule has 0 aliphatic rings. The number of aromatic nitrogens is 4. The van der Waals surface area contributed by atoms with E-state index in [0.29, 0.717) is 12.2 Å². The van der Waals surface area contributed by atoms with Crippen molar-refractivity contribution in [3.8, 4) is 22.8 Å². The van der Waals surface area contributed by atoms with Gasteiger partial charge in [0.05, 0.1) is 19.9 Å². The summed E-state index contributed by atoms with van der Waals surface area (Å²) in [6.45, 7) is 0. The molecule has 0 N–H and O–H groups in total. The summed E-state index contributed by atoms with van der Waals surface area (Å²) in [7, 11) is 3.27. The first kappa shape index (κ1) is 18.4. The molecule has 0 saturated carbocycles. The molecule has 0 saturated heterocycles. The van der Waals surface area contributed by atoms with Gasteiger partial charge in [0, 0.05) is 22.7 Å². The van der Waals surface area contributed by atoms with Crippen LogP contribution in [-0.2, 0) is 12.8 Å². The fraction of sp³-hybridized carbons (Fsp3) is 0.190. The maximum atomic E-state index is 5.38. The molecular formula is C21H19BrN4O2. The first-order valence-electron chi connectivity index (χ1n) is 8.85. The third-order valence-corrected chi connectivity index (χ3v) is 5.04.